The number of nitrogens with one attached hydrogen (secondary N) is 1. The van der Waals surface area contributed by atoms with E-state index in [0.717, 1.165) is 4.90 Å². The minimum atomic E-state index is -1.14. The highest BCUT2D eigenvalue weighted by Gasteiger charge is 2.38. The van der Waals surface area contributed by atoms with Crippen LogP contribution in [0.4, 0.5) is 4.79 Å². The van der Waals surface area contributed by atoms with E-state index < -0.39 is 30.1 Å². The van der Waals surface area contributed by atoms with Crippen molar-refractivity contribution < 1.29 is 24.6 Å². The molecule has 1 saturated heterocycles. The molecule has 18 heavy (non-hydrogen) atoms. The minimum absolute atomic E-state index is 0.00137. The topological polar surface area (TPSA) is 133 Å². The van der Waals surface area contributed by atoms with Gasteiger partial charge in [-0.3, -0.25) is 4.79 Å². The minimum Gasteiger partial charge on any atom is -0.480 e. The van der Waals surface area contributed by atoms with Gasteiger partial charge in [0.2, 0.25) is 5.91 Å². The van der Waals surface area contributed by atoms with Gasteiger partial charge in [0.1, 0.15) is 6.04 Å². The van der Waals surface area contributed by atoms with E-state index in [2.05, 4.69) is 5.32 Å². The monoisotopic (exact) mass is 259 g/mol. The second-order valence-electron chi connectivity index (χ2n) is 4.20. The van der Waals surface area contributed by atoms with Crippen LogP contribution in [-0.2, 0) is 9.59 Å². The molecule has 0 radical (unpaired) electrons. The molecular weight excluding hydrogens is 242 g/mol. The molecule has 1 heterocycles. The lowest BCUT2D eigenvalue weighted by molar-refractivity contribution is -0.141. The third-order valence-corrected chi connectivity index (χ3v) is 2.70. The van der Waals surface area contributed by atoms with Gasteiger partial charge in [0.25, 0.3) is 0 Å². The van der Waals surface area contributed by atoms with Crippen molar-refractivity contribution in [3.8, 4) is 0 Å². The molecule has 0 saturated carbocycles. The summed E-state index contributed by atoms with van der Waals surface area (Å²) >= 11 is 0. The van der Waals surface area contributed by atoms with E-state index in [4.69, 9.17) is 10.8 Å². The van der Waals surface area contributed by atoms with Crippen LogP contribution in [0.15, 0.2) is 0 Å². The number of likely N-dealkylation sites (tertiary alicyclic amines) is 1. The Morgan fingerprint density at radius 3 is 2.61 bits per heavy atom. The highest BCUT2D eigenvalue weighted by Crippen LogP contribution is 2.17. The van der Waals surface area contributed by atoms with Gasteiger partial charge < -0.3 is 26.2 Å². The largest absolute Gasteiger partial charge is 0.480 e. The first kappa shape index (κ1) is 14.2. The number of carboxylic acid groups (broad SMARTS) is 1. The summed E-state index contributed by atoms with van der Waals surface area (Å²) in [5.41, 5.74) is 4.94. The van der Waals surface area contributed by atoms with Crippen LogP contribution in [0.25, 0.3) is 0 Å². The summed E-state index contributed by atoms with van der Waals surface area (Å²) in [7, 11) is 0. The Bertz CT molecular complexity index is 346. The number of urea groups is 1. The summed E-state index contributed by atoms with van der Waals surface area (Å²) in [6.45, 7) is 0.235. The van der Waals surface area contributed by atoms with Crippen LogP contribution < -0.4 is 11.1 Å². The van der Waals surface area contributed by atoms with Gasteiger partial charge in [0.15, 0.2) is 0 Å². The number of β-amino-alcohol motifs (C(OH)–C–C–N with tert-alkyl or cyclic N) is 1. The number of primary amides is 1. The van der Waals surface area contributed by atoms with Crippen molar-refractivity contribution in [2.75, 3.05) is 13.1 Å². The van der Waals surface area contributed by atoms with Crippen molar-refractivity contribution in [3.05, 3.63) is 0 Å². The lowest BCUT2D eigenvalue weighted by Crippen LogP contribution is -2.46. The van der Waals surface area contributed by atoms with E-state index >= 15 is 0 Å². The van der Waals surface area contributed by atoms with E-state index in [1.54, 1.807) is 0 Å². The Morgan fingerprint density at radius 1 is 1.39 bits per heavy atom. The van der Waals surface area contributed by atoms with Crippen molar-refractivity contribution in [1.29, 1.82) is 0 Å². The predicted octanol–water partition coefficient (Wildman–Crippen LogP) is -1.52. The van der Waals surface area contributed by atoms with Gasteiger partial charge in [0.05, 0.1) is 6.10 Å². The fraction of sp³-hybridized carbons (Fsp3) is 0.700. The molecular formula is C10H17N3O5. The van der Waals surface area contributed by atoms with Crippen molar-refractivity contribution in [1.82, 2.24) is 10.2 Å². The average Bonchev–Trinajstić information content (AvgIpc) is 2.66. The van der Waals surface area contributed by atoms with E-state index in [9.17, 15) is 19.5 Å². The summed E-state index contributed by atoms with van der Waals surface area (Å²) in [6, 6.07) is -1.56. The van der Waals surface area contributed by atoms with Gasteiger partial charge in [-0.25, -0.2) is 9.59 Å². The smallest absolute Gasteiger partial charge is 0.326 e. The summed E-state index contributed by atoms with van der Waals surface area (Å²) in [5.74, 6) is -1.59. The summed E-state index contributed by atoms with van der Waals surface area (Å²) in [5, 5.41) is 20.8. The molecule has 102 valence electrons. The van der Waals surface area contributed by atoms with E-state index in [-0.39, 0.29) is 25.9 Å². The summed E-state index contributed by atoms with van der Waals surface area (Å²) < 4.78 is 0. The predicted molar refractivity (Wildman–Crippen MR) is 60.6 cm³/mol. The molecule has 0 aromatic rings. The van der Waals surface area contributed by atoms with Gasteiger partial charge in [0, 0.05) is 25.9 Å². The number of hydrogen-bond acceptors (Lipinski definition) is 4. The van der Waals surface area contributed by atoms with Crippen molar-refractivity contribution in [2.24, 2.45) is 5.73 Å². The van der Waals surface area contributed by atoms with Crippen LogP contribution in [0, 0.1) is 0 Å². The third-order valence-electron chi connectivity index (χ3n) is 2.70. The fourth-order valence-corrected chi connectivity index (χ4v) is 1.83. The molecule has 5 N–H and O–H groups in total. The second-order valence-corrected chi connectivity index (χ2v) is 4.20. The maximum atomic E-state index is 11.7. The van der Waals surface area contributed by atoms with Crippen molar-refractivity contribution >= 4 is 17.9 Å². The Morgan fingerprint density at radius 2 is 2.06 bits per heavy atom. The van der Waals surface area contributed by atoms with Crippen LogP contribution in [0.5, 0.6) is 0 Å². The zero-order valence-electron chi connectivity index (χ0n) is 9.83. The van der Waals surface area contributed by atoms with Crippen LogP contribution in [0.2, 0.25) is 0 Å². The highest BCUT2D eigenvalue weighted by molar-refractivity contribution is 5.83. The standard InChI is InChI=1S/C10H17N3O5/c11-8(15)2-1-3-12-10(18)13-5-6(14)4-7(13)9(16)17/h6-7,14H,1-5H2,(H2,11,15)(H,12,18)(H,16,17). The molecule has 0 spiro atoms. The van der Waals surface area contributed by atoms with Crippen molar-refractivity contribution in [2.45, 2.75) is 31.4 Å². The first-order valence-corrected chi connectivity index (χ1v) is 5.65. The third kappa shape index (κ3) is 3.88. The first-order chi connectivity index (χ1) is 8.41. The highest BCUT2D eigenvalue weighted by atomic mass is 16.4. The summed E-state index contributed by atoms with van der Waals surface area (Å²) in [4.78, 5) is 34.1. The number of carbonyl (C=O) groups is 3. The number of amides is 3. The molecule has 1 rings (SSSR count). The molecule has 0 aliphatic carbocycles. The molecule has 8 nitrogen and oxygen atoms in total. The Labute approximate surface area is 104 Å². The molecule has 8 heteroatoms. The van der Waals surface area contributed by atoms with Crippen LogP contribution in [-0.4, -0.2) is 58.3 Å². The Balaban J connectivity index is 2.40. The molecule has 0 bridgehead atoms. The molecule has 1 aliphatic heterocycles. The first-order valence-electron chi connectivity index (χ1n) is 5.65. The Kier molecular flexibility index (Phi) is 4.90. The van der Waals surface area contributed by atoms with Crippen molar-refractivity contribution in [3.63, 3.8) is 0 Å². The van der Waals surface area contributed by atoms with Crippen LogP contribution in [0.3, 0.4) is 0 Å². The molecule has 0 aromatic heterocycles. The zero-order chi connectivity index (χ0) is 13.7. The van der Waals surface area contributed by atoms with Gasteiger partial charge in [-0.1, -0.05) is 0 Å². The quantitative estimate of drug-likeness (QED) is 0.445. The normalized spacial score (nSPS) is 22.8. The van der Waals surface area contributed by atoms with E-state index in [1.165, 1.54) is 0 Å². The van der Waals surface area contributed by atoms with E-state index in [1.807, 2.05) is 0 Å². The molecule has 0 aromatic carbocycles. The van der Waals surface area contributed by atoms with Gasteiger partial charge in [-0.2, -0.15) is 0 Å². The van der Waals surface area contributed by atoms with E-state index in [0.29, 0.717) is 6.42 Å². The average molecular weight is 259 g/mol. The lowest BCUT2D eigenvalue weighted by Gasteiger charge is -2.21. The maximum Gasteiger partial charge on any atom is 0.326 e. The molecule has 2 unspecified atom stereocenters. The molecule has 1 aliphatic rings. The molecule has 3 amide bonds. The SMILES string of the molecule is NC(=O)CCCNC(=O)N1CC(O)CC1C(=O)O. The Hall–Kier alpha value is -1.83. The number of nitrogens with two attached hydrogens (primary N) is 1. The fourth-order valence-electron chi connectivity index (χ4n) is 1.83. The van der Waals surface area contributed by atoms with Gasteiger partial charge in [-0.15, -0.1) is 0 Å². The number of nitrogens with zero attached hydrogens (tertiary/aromatic N) is 1. The number of carbonyl (C=O) groups excluding carboxylic acids is 2. The number of rotatable bonds is 5. The number of aliphatic hydroxyl groups is 1. The molecule has 2 atom stereocenters. The number of aliphatic hydroxyl groups excluding tert-OH is 1. The zero-order valence-corrected chi connectivity index (χ0v) is 9.83. The van der Waals surface area contributed by atoms with Crippen LogP contribution in [0.1, 0.15) is 19.3 Å². The summed E-state index contributed by atoms with van der Waals surface area (Å²) in [6.07, 6.45) is -0.229. The number of hydrogen-bond donors (Lipinski definition) is 4. The van der Waals surface area contributed by atoms with Gasteiger partial charge in [-0.05, 0) is 6.42 Å². The number of carboxylic acids is 1. The molecule has 1 fully saturated rings. The number of aliphatic carboxylic acids is 1. The maximum absolute atomic E-state index is 11.7. The lowest BCUT2D eigenvalue weighted by atomic mass is 10.2. The second kappa shape index (κ2) is 6.20. The van der Waals surface area contributed by atoms with Gasteiger partial charge >= 0.3 is 12.0 Å². The van der Waals surface area contributed by atoms with Crippen LogP contribution >= 0.6 is 0 Å².